The van der Waals surface area contributed by atoms with E-state index in [4.69, 9.17) is 4.74 Å². The molecule has 0 aliphatic heterocycles. The van der Waals surface area contributed by atoms with Gasteiger partial charge in [0.2, 0.25) is 0 Å². The molecule has 2 N–H and O–H groups in total. The van der Waals surface area contributed by atoms with Crippen molar-refractivity contribution in [3.8, 4) is 5.75 Å². The molecule has 4 nitrogen and oxygen atoms in total. The highest BCUT2D eigenvalue weighted by atomic mass is 16.5. The lowest BCUT2D eigenvalue weighted by molar-refractivity contribution is -0.144. The van der Waals surface area contributed by atoms with Crippen LogP contribution >= 0.6 is 0 Å². The first-order chi connectivity index (χ1) is 8.60. The zero-order valence-electron chi connectivity index (χ0n) is 11.1. The third-order valence-corrected chi connectivity index (χ3v) is 3.17. The predicted octanol–water partition coefficient (Wildman–Crippen LogP) is 2.07. The molecular formula is C14H21NO3. The van der Waals surface area contributed by atoms with E-state index in [-0.39, 0.29) is 23.7 Å². The fourth-order valence-corrected chi connectivity index (χ4v) is 1.76. The first kappa shape index (κ1) is 14.5. The SMILES string of the molecule is CCC(C)C(NCc1ccccc1O)C(=O)OC. The van der Waals surface area contributed by atoms with Crippen molar-refractivity contribution in [3.05, 3.63) is 29.8 Å². The minimum absolute atomic E-state index is 0.184. The van der Waals surface area contributed by atoms with Crippen molar-refractivity contribution < 1.29 is 14.6 Å². The zero-order chi connectivity index (χ0) is 13.5. The second kappa shape index (κ2) is 7.01. The molecule has 1 rings (SSSR count). The van der Waals surface area contributed by atoms with Gasteiger partial charge >= 0.3 is 5.97 Å². The summed E-state index contributed by atoms with van der Waals surface area (Å²) < 4.78 is 4.79. The van der Waals surface area contributed by atoms with Gasteiger partial charge in [-0.3, -0.25) is 10.1 Å². The number of benzene rings is 1. The van der Waals surface area contributed by atoms with Crippen molar-refractivity contribution in [1.82, 2.24) is 5.32 Å². The molecule has 2 atom stereocenters. The van der Waals surface area contributed by atoms with Crippen LogP contribution in [0.25, 0.3) is 0 Å². The van der Waals surface area contributed by atoms with E-state index >= 15 is 0 Å². The number of phenols is 1. The second-order valence-corrected chi connectivity index (χ2v) is 4.40. The van der Waals surface area contributed by atoms with Gasteiger partial charge in [-0.1, -0.05) is 38.5 Å². The summed E-state index contributed by atoms with van der Waals surface area (Å²) in [7, 11) is 1.39. The van der Waals surface area contributed by atoms with Crippen LogP contribution in [0.3, 0.4) is 0 Å². The number of carbonyl (C=O) groups is 1. The van der Waals surface area contributed by atoms with E-state index in [1.165, 1.54) is 7.11 Å². The van der Waals surface area contributed by atoms with Gasteiger partial charge in [0.15, 0.2) is 0 Å². The average Bonchev–Trinajstić information content (AvgIpc) is 2.40. The summed E-state index contributed by atoms with van der Waals surface area (Å²) in [6, 6.07) is 6.73. The molecule has 4 heteroatoms. The molecule has 1 aromatic rings. The fourth-order valence-electron chi connectivity index (χ4n) is 1.76. The van der Waals surface area contributed by atoms with Gasteiger partial charge < -0.3 is 9.84 Å². The molecule has 0 aliphatic rings. The molecule has 0 saturated heterocycles. The summed E-state index contributed by atoms with van der Waals surface area (Å²) in [6.07, 6.45) is 0.882. The Hall–Kier alpha value is -1.55. The van der Waals surface area contributed by atoms with Crippen LogP contribution < -0.4 is 5.32 Å². The molecule has 0 aromatic heterocycles. The summed E-state index contributed by atoms with van der Waals surface area (Å²) in [4.78, 5) is 11.7. The van der Waals surface area contributed by atoms with Crippen molar-refractivity contribution in [2.75, 3.05) is 7.11 Å². The van der Waals surface area contributed by atoms with E-state index < -0.39 is 0 Å². The van der Waals surface area contributed by atoms with Gasteiger partial charge in [-0.05, 0) is 12.0 Å². The standard InChI is InChI=1S/C14H21NO3/c1-4-10(2)13(14(17)18-3)15-9-11-7-5-6-8-12(11)16/h5-8,10,13,15-16H,4,9H2,1-3H3. The lowest BCUT2D eigenvalue weighted by Gasteiger charge is -2.22. The monoisotopic (exact) mass is 251 g/mol. The number of esters is 1. The van der Waals surface area contributed by atoms with Crippen LogP contribution in [0.4, 0.5) is 0 Å². The smallest absolute Gasteiger partial charge is 0.323 e. The molecule has 0 spiro atoms. The Morgan fingerprint density at radius 2 is 2.11 bits per heavy atom. The summed E-state index contributed by atoms with van der Waals surface area (Å²) in [6.45, 7) is 4.47. The molecule has 0 fully saturated rings. The Labute approximate surface area is 108 Å². The third kappa shape index (κ3) is 3.74. The Balaban J connectivity index is 2.68. The molecule has 100 valence electrons. The summed E-state index contributed by atoms with van der Waals surface area (Å²) in [5.41, 5.74) is 0.773. The zero-order valence-corrected chi connectivity index (χ0v) is 11.1. The van der Waals surface area contributed by atoms with Crippen LogP contribution in [0.2, 0.25) is 0 Å². The average molecular weight is 251 g/mol. The van der Waals surface area contributed by atoms with Gasteiger partial charge in [0, 0.05) is 12.1 Å². The third-order valence-electron chi connectivity index (χ3n) is 3.17. The minimum atomic E-state index is -0.348. The van der Waals surface area contributed by atoms with Crippen LogP contribution in [0.15, 0.2) is 24.3 Å². The predicted molar refractivity (Wildman–Crippen MR) is 70.2 cm³/mol. The first-order valence-electron chi connectivity index (χ1n) is 6.18. The number of para-hydroxylation sites is 1. The lowest BCUT2D eigenvalue weighted by atomic mass is 9.99. The number of rotatable bonds is 6. The summed E-state index contributed by atoms with van der Waals surface area (Å²) >= 11 is 0. The van der Waals surface area contributed by atoms with Crippen LogP contribution in [0.1, 0.15) is 25.8 Å². The number of hydrogen-bond acceptors (Lipinski definition) is 4. The lowest BCUT2D eigenvalue weighted by Crippen LogP contribution is -2.42. The molecule has 18 heavy (non-hydrogen) atoms. The quantitative estimate of drug-likeness (QED) is 0.760. The van der Waals surface area contributed by atoms with Gasteiger partial charge in [-0.15, -0.1) is 0 Å². The number of methoxy groups -OCH3 is 1. The minimum Gasteiger partial charge on any atom is -0.508 e. The number of nitrogens with one attached hydrogen (secondary N) is 1. The topological polar surface area (TPSA) is 58.6 Å². The molecule has 0 amide bonds. The Morgan fingerprint density at radius 1 is 1.44 bits per heavy atom. The summed E-state index contributed by atoms with van der Waals surface area (Å²) in [5, 5.41) is 12.8. The van der Waals surface area contributed by atoms with E-state index in [0.29, 0.717) is 6.54 Å². The highest BCUT2D eigenvalue weighted by Gasteiger charge is 2.24. The number of ether oxygens (including phenoxy) is 1. The number of carbonyl (C=O) groups excluding carboxylic acids is 1. The molecule has 0 saturated carbocycles. The number of hydrogen-bond donors (Lipinski definition) is 2. The Bertz CT molecular complexity index is 392. The highest BCUT2D eigenvalue weighted by Crippen LogP contribution is 2.16. The maximum atomic E-state index is 11.7. The van der Waals surface area contributed by atoms with Crippen molar-refractivity contribution in [1.29, 1.82) is 0 Å². The van der Waals surface area contributed by atoms with Crippen molar-refractivity contribution in [2.45, 2.75) is 32.9 Å². The maximum Gasteiger partial charge on any atom is 0.323 e. The van der Waals surface area contributed by atoms with Crippen molar-refractivity contribution >= 4 is 5.97 Å². The van der Waals surface area contributed by atoms with Gasteiger partial charge in [-0.25, -0.2) is 0 Å². The molecule has 0 bridgehead atoms. The fraction of sp³-hybridized carbons (Fsp3) is 0.500. The number of aromatic hydroxyl groups is 1. The van der Waals surface area contributed by atoms with Gasteiger partial charge in [0.1, 0.15) is 11.8 Å². The Morgan fingerprint density at radius 3 is 2.67 bits per heavy atom. The normalized spacial score (nSPS) is 13.9. The van der Waals surface area contributed by atoms with E-state index in [2.05, 4.69) is 5.32 Å². The Kier molecular flexibility index (Phi) is 5.65. The van der Waals surface area contributed by atoms with E-state index in [9.17, 15) is 9.90 Å². The molecule has 0 heterocycles. The van der Waals surface area contributed by atoms with Gasteiger partial charge in [0.05, 0.1) is 7.11 Å². The first-order valence-corrected chi connectivity index (χ1v) is 6.18. The van der Waals surface area contributed by atoms with Crippen molar-refractivity contribution in [2.24, 2.45) is 5.92 Å². The van der Waals surface area contributed by atoms with Crippen LogP contribution in [0, 0.1) is 5.92 Å². The largest absolute Gasteiger partial charge is 0.508 e. The molecule has 0 aliphatic carbocycles. The maximum absolute atomic E-state index is 11.7. The van der Waals surface area contributed by atoms with Gasteiger partial charge in [0.25, 0.3) is 0 Å². The van der Waals surface area contributed by atoms with Gasteiger partial charge in [-0.2, -0.15) is 0 Å². The molecular weight excluding hydrogens is 230 g/mol. The van der Waals surface area contributed by atoms with Crippen LogP contribution in [0.5, 0.6) is 5.75 Å². The number of phenolic OH excluding ortho intramolecular Hbond substituents is 1. The van der Waals surface area contributed by atoms with Crippen LogP contribution in [-0.4, -0.2) is 24.2 Å². The highest BCUT2D eigenvalue weighted by molar-refractivity contribution is 5.76. The summed E-state index contributed by atoms with van der Waals surface area (Å²) in [5.74, 6) is 0.154. The molecule has 0 radical (unpaired) electrons. The second-order valence-electron chi connectivity index (χ2n) is 4.40. The van der Waals surface area contributed by atoms with E-state index in [0.717, 1.165) is 12.0 Å². The van der Waals surface area contributed by atoms with E-state index in [1.54, 1.807) is 12.1 Å². The van der Waals surface area contributed by atoms with Crippen molar-refractivity contribution in [3.63, 3.8) is 0 Å². The molecule has 1 aromatic carbocycles. The van der Waals surface area contributed by atoms with E-state index in [1.807, 2.05) is 26.0 Å². The molecule has 2 unspecified atom stereocenters. The van der Waals surface area contributed by atoms with Crippen LogP contribution in [-0.2, 0) is 16.1 Å².